The summed E-state index contributed by atoms with van der Waals surface area (Å²) in [5.74, 6) is -0.419. The Morgan fingerprint density at radius 2 is 2.24 bits per heavy atom. The molecule has 0 spiro atoms. The van der Waals surface area contributed by atoms with E-state index in [0.717, 1.165) is 18.5 Å². The van der Waals surface area contributed by atoms with E-state index >= 15 is 0 Å². The number of pyridine rings is 1. The highest BCUT2D eigenvalue weighted by Crippen LogP contribution is 2.26. The van der Waals surface area contributed by atoms with E-state index < -0.39 is 5.97 Å². The number of carbonyl (C=O) groups is 1. The number of rotatable bonds is 4. The standard InChI is InChI=1S/C12H16N2O3/c1-16-10-5-9(6-10)14-8-3-4-13-11(7-8)12(15)17-2/h3-4,7,9-10H,5-6H2,1-2H3,(H,13,14). The van der Waals surface area contributed by atoms with Crippen LogP contribution in [-0.2, 0) is 9.47 Å². The van der Waals surface area contributed by atoms with Crippen LogP contribution in [0.4, 0.5) is 5.69 Å². The predicted octanol–water partition coefficient (Wildman–Crippen LogP) is 1.46. The molecule has 0 saturated heterocycles. The van der Waals surface area contributed by atoms with Gasteiger partial charge in [0.1, 0.15) is 5.69 Å². The summed E-state index contributed by atoms with van der Waals surface area (Å²) in [5.41, 5.74) is 1.21. The highest BCUT2D eigenvalue weighted by molar-refractivity contribution is 5.88. The van der Waals surface area contributed by atoms with E-state index in [9.17, 15) is 4.79 Å². The normalized spacial score (nSPS) is 22.7. The summed E-state index contributed by atoms with van der Waals surface area (Å²) < 4.78 is 9.83. The van der Waals surface area contributed by atoms with Gasteiger partial charge in [-0.15, -0.1) is 0 Å². The van der Waals surface area contributed by atoms with Gasteiger partial charge < -0.3 is 14.8 Å². The Balaban J connectivity index is 1.95. The van der Waals surface area contributed by atoms with Crippen LogP contribution < -0.4 is 5.32 Å². The Hall–Kier alpha value is -1.62. The van der Waals surface area contributed by atoms with E-state index in [0.29, 0.717) is 17.8 Å². The number of ether oxygens (including phenoxy) is 2. The van der Waals surface area contributed by atoms with Crippen LogP contribution in [0.1, 0.15) is 23.3 Å². The molecular formula is C12H16N2O3. The minimum atomic E-state index is -0.419. The number of carbonyl (C=O) groups excluding carboxylic acids is 1. The van der Waals surface area contributed by atoms with E-state index in [1.165, 1.54) is 7.11 Å². The lowest BCUT2D eigenvalue weighted by Crippen LogP contribution is -2.40. The van der Waals surface area contributed by atoms with Crippen molar-refractivity contribution in [2.24, 2.45) is 0 Å². The molecule has 0 unspecified atom stereocenters. The molecule has 1 aromatic heterocycles. The third kappa shape index (κ3) is 2.74. The van der Waals surface area contributed by atoms with Crippen molar-refractivity contribution in [2.75, 3.05) is 19.5 Å². The molecule has 5 heteroatoms. The summed E-state index contributed by atoms with van der Waals surface area (Å²) in [7, 11) is 3.07. The number of nitrogens with zero attached hydrogens (tertiary/aromatic N) is 1. The van der Waals surface area contributed by atoms with E-state index in [2.05, 4.69) is 15.0 Å². The first-order valence-corrected chi connectivity index (χ1v) is 5.56. The summed E-state index contributed by atoms with van der Waals surface area (Å²) in [5, 5.41) is 3.33. The zero-order chi connectivity index (χ0) is 12.3. The van der Waals surface area contributed by atoms with Crippen molar-refractivity contribution < 1.29 is 14.3 Å². The molecule has 2 rings (SSSR count). The van der Waals surface area contributed by atoms with Gasteiger partial charge in [-0.1, -0.05) is 0 Å². The van der Waals surface area contributed by atoms with Crippen molar-refractivity contribution in [1.82, 2.24) is 4.98 Å². The number of nitrogens with one attached hydrogen (secondary N) is 1. The van der Waals surface area contributed by atoms with Gasteiger partial charge in [0.25, 0.3) is 0 Å². The van der Waals surface area contributed by atoms with Gasteiger partial charge >= 0.3 is 5.97 Å². The molecule has 5 nitrogen and oxygen atoms in total. The fraction of sp³-hybridized carbons (Fsp3) is 0.500. The molecule has 1 heterocycles. The van der Waals surface area contributed by atoms with Gasteiger partial charge in [-0.05, 0) is 25.0 Å². The first kappa shape index (κ1) is 11.9. The van der Waals surface area contributed by atoms with Crippen molar-refractivity contribution in [3.05, 3.63) is 24.0 Å². The first-order chi connectivity index (χ1) is 8.22. The molecule has 17 heavy (non-hydrogen) atoms. The lowest BCUT2D eigenvalue weighted by atomic mass is 9.89. The Bertz CT molecular complexity index is 402. The van der Waals surface area contributed by atoms with Crippen molar-refractivity contribution in [2.45, 2.75) is 25.0 Å². The van der Waals surface area contributed by atoms with Gasteiger partial charge in [0.05, 0.1) is 13.2 Å². The minimum Gasteiger partial charge on any atom is -0.464 e. The average Bonchev–Trinajstić information content (AvgIpc) is 2.32. The van der Waals surface area contributed by atoms with Crippen LogP contribution in [0.3, 0.4) is 0 Å². The zero-order valence-corrected chi connectivity index (χ0v) is 9.97. The maximum atomic E-state index is 11.3. The van der Waals surface area contributed by atoms with E-state index in [-0.39, 0.29) is 0 Å². The van der Waals surface area contributed by atoms with Gasteiger partial charge in [0.2, 0.25) is 0 Å². The van der Waals surface area contributed by atoms with Crippen LogP contribution in [0, 0.1) is 0 Å². The number of hydrogen-bond donors (Lipinski definition) is 1. The van der Waals surface area contributed by atoms with Crippen molar-refractivity contribution >= 4 is 11.7 Å². The molecule has 0 bridgehead atoms. The van der Waals surface area contributed by atoms with Gasteiger partial charge in [0.15, 0.2) is 0 Å². The maximum Gasteiger partial charge on any atom is 0.356 e. The van der Waals surface area contributed by atoms with E-state index in [1.807, 2.05) is 6.07 Å². The molecule has 1 N–H and O–H groups in total. The van der Waals surface area contributed by atoms with Crippen LogP contribution in [0.25, 0.3) is 0 Å². The van der Waals surface area contributed by atoms with Crippen LogP contribution in [-0.4, -0.2) is 37.3 Å². The van der Waals surface area contributed by atoms with Crippen LogP contribution in [0.2, 0.25) is 0 Å². The topological polar surface area (TPSA) is 60.5 Å². The molecule has 0 aromatic carbocycles. The molecule has 0 amide bonds. The summed E-state index contributed by atoms with van der Waals surface area (Å²) in [4.78, 5) is 15.3. The summed E-state index contributed by atoms with van der Waals surface area (Å²) in [6, 6.07) is 3.95. The van der Waals surface area contributed by atoms with Crippen molar-refractivity contribution in [1.29, 1.82) is 0 Å². The highest BCUT2D eigenvalue weighted by Gasteiger charge is 2.28. The van der Waals surface area contributed by atoms with Gasteiger partial charge in [-0.3, -0.25) is 0 Å². The number of esters is 1. The Kier molecular flexibility index (Phi) is 3.58. The Morgan fingerprint density at radius 3 is 2.88 bits per heavy atom. The minimum absolute atomic E-state index is 0.320. The maximum absolute atomic E-state index is 11.3. The molecule has 1 fully saturated rings. The third-order valence-electron chi connectivity index (χ3n) is 2.95. The van der Waals surface area contributed by atoms with Gasteiger partial charge in [-0.2, -0.15) is 0 Å². The van der Waals surface area contributed by atoms with Crippen molar-refractivity contribution in [3.8, 4) is 0 Å². The van der Waals surface area contributed by atoms with E-state index in [1.54, 1.807) is 19.4 Å². The molecular weight excluding hydrogens is 220 g/mol. The molecule has 1 saturated carbocycles. The molecule has 1 aromatic rings. The van der Waals surface area contributed by atoms with E-state index in [4.69, 9.17) is 4.74 Å². The molecule has 92 valence electrons. The number of methoxy groups -OCH3 is 2. The highest BCUT2D eigenvalue weighted by atomic mass is 16.5. The molecule has 0 atom stereocenters. The van der Waals surface area contributed by atoms with Crippen LogP contribution >= 0.6 is 0 Å². The SMILES string of the molecule is COC(=O)c1cc(NC2CC(OC)C2)ccn1. The Morgan fingerprint density at radius 1 is 1.47 bits per heavy atom. The second kappa shape index (κ2) is 5.14. The zero-order valence-electron chi connectivity index (χ0n) is 9.97. The number of hydrogen-bond acceptors (Lipinski definition) is 5. The molecule has 1 aliphatic rings. The quantitative estimate of drug-likeness (QED) is 0.802. The third-order valence-corrected chi connectivity index (χ3v) is 2.95. The second-order valence-corrected chi connectivity index (χ2v) is 4.09. The summed E-state index contributed by atoms with van der Waals surface area (Å²) in [6.45, 7) is 0. The van der Waals surface area contributed by atoms with Crippen molar-refractivity contribution in [3.63, 3.8) is 0 Å². The fourth-order valence-corrected chi connectivity index (χ4v) is 1.85. The van der Waals surface area contributed by atoms with Gasteiger partial charge in [0, 0.05) is 25.0 Å². The number of anilines is 1. The van der Waals surface area contributed by atoms with Crippen LogP contribution in [0.15, 0.2) is 18.3 Å². The molecule has 0 aliphatic heterocycles. The smallest absolute Gasteiger partial charge is 0.356 e. The monoisotopic (exact) mass is 236 g/mol. The first-order valence-electron chi connectivity index (χ1n) is 5.56. The number of aromatic nitrogens is 1. The lowest BCUT2D eigenvalue weighted by molar-refractivity contribution is 0.0328. The summed E-state index contributed by atoms with van der Waals surface area (Å²) in [6.07, 6.45) is 3.94. The fourth-order valence-electron chi connectivity index (χ4n) is 1.85. The molecule has 0 radical (unpaired) electrons. The molecule has 1 aliphatic carbocycles. The Labute approximate surface area is 100 Å². The summed E-state index contributed by atoms with van der Waals surface area (Å²) >= 11 is 0. The second-order valence-electron chi connectivity index (χ2n) is 4.09. The lowest BCUT2D eigenvalue weighted by Gasteiger charge is -2.35. The largest absolute Gasteiger partial charge is 0.464 e. The van der Waals surface area contributed by atoms with Crippen LogP contribution in [0.5, 0.6) is 0 Å². The van der Waals surface area contributed by atoms with Gasteiger partial charge in [-0.25, -0.2) is 9.78 Å². The predicted molar refractivity (Wildman–Crippen MR) is 63.0 cm³/mol. The average molecular weight is 236 g/mol.